The van der Waals surface area contributed by atoms with E-state index < -0.39 is 0 Å². The summed E-state index contributed by atoms with van der Waals surface area (Å²) in [6, 6.07) is 0. The lowest BCUT2D eigenvalue weighted by Gasteiger charge is -2.16. The average molecular weight is 433 g/mol. The van der Waals surface area contributed by atoms with Crippen molar-refractivity contribution in [3.8, 4) is 0 Å². The molecule has 2 aromatic heterocycles. The first-order valence-corrected chi connectivity index (χ1v) is 11.0. The van der Waals surface area contributed by atoms with Crippen LogP contribution in [0.3, 0.4) is 0 Å². The zero-order valence-electron chi connectivity index (χ0n) is 17.7. The molecular weight excluding hydrogens is 404 g/mol. The maximum Gasteiger partial charge on any atom is 0.332 e. The molecule has 0 radical (unpaired) electrons. The van der Waals surface area contributed by atoms with Crippen LogP contribution >= 0.6 is 11.3 Å². The Labute approximate surface area is 178 Å². The molecule has 2 fully saturated rings. The highest BCUT2D eigenvalue weighted by molar-refractivity contribution is 7.18. The van der Waals surface area contributed by atoms with E-state index >= 15 is 0 Å². The molecule has 3 heterocycles. The van der Waals surface area contributed by atoms with Crippen molar-refractivity contribution in [2.75, 3.05) is 26.8 Å². The van der Waals surface area contributed by atoms with Crippen molar-refractivity contribution in [2.45, 2.75) is 46.3 Å². The Morgan fingerprint density at radius 1 is 1.33 bits per heavy atom. The summed E-state index contributed by atoms with van der Waals surface area (Å²) in [5.74, 6) is 0.665. The van der Waals surface area contributed by atoms with Gasteiger partial charge in [-0.25, -0.2) is 9.79 Å². The van der Waals surface area contributed by atoms with Crippen LogP contribution in [-0.2, 0) is 24.4 Å². The highest BCUT2D eigenvalue weighted by Crippen LogP contribution is 2.46. The molecule has 0 aromatic carbocycles. The Bertz CT molecular complexity index is 1120. The first-order chi connectivity index (χ1) is 14.4. The Morgan fingerprint density at radius 2 is 2.10 bits per heavy atom. The van der Waals surface area contributed by atoms with Gasteiger partial charge in [0.05, 0.1) is 25.1 Å². The number of thiophene rings is 1. The number of ether oxygens (including phenoxy) is 1. The van der Waals surface area contributed by atoms with Gasteiger partial charge < -0.3 is 15.0 Å². The van der Waals surface area contributed by atoms with Gasteiger partial charge in [-0.2, -0.15) is 0 Å². The van der Waals surface area contributed by atoms with Gasteiger partial charge in [-0.05, 0) is 30.7 Å². The number of nitrogens with one attached hydrogen (secondary N) is 2. The van der Waals surface area contributed by atoms with Crippen LogP contribution in [0.2, 0.25) is 0 Å². The summed E-state index contributed by atoms with van der Waals surface area (Å²) in [4.78, 5) is 34.5. The summed E-state index contributed by atoms with van der Waals surface area (Å²) < 4.78 is 8.34. The predicted octanol–water partition coefficient (Wildman–Crippen LogP) is 1.35. The molecule has 0 amide bonds. The molecule has 0 atom stereocenters. The zero-order chi connectivity index (χ0) is 21.5. The number of aliphatic imine (C=N–C) groups is 1. The second-order valence-electron chi connectivity index (χ2n) is 8.39. The predicted molar refractivity (Wildman–Crippen MR) is 119 cm³/mol. The van der Waals surface area contributed by atoms with E-state index in [1.165, 1.54) is 15.9 Å². The molecule has 1 saturated heterocycles. The van der Waals surface area contributed by atoms with Crippen LogP contribution in [0.25, 0.3) is 10.2 Å². The van der Waals surface area contributed by atoms with E-state index in [1.54, 1.807) is 11.7 Å². The fourth-order valence-electron chi connectivity index (χ4n) is 3.90. The Balaban J connectivity index is 1.83. The Morgan fingerprint density at radius 3 is 2.77 bits per heavy atom. The van der Waals surface area contributed by atoms with Crippen molar-refractivity contribution < 1.29 is 4.74 Å². The van der Waals surface area contributed by atoms with Gasteiger partial charge in [0.1, 0.15) is 11.2 Å². The van der Waals surface area contributed by atoms with Crippen LogP contribution < -0.4 is 16.6 Å². The molecule has 9 nitrogen and oxygen atoms in total. The minimum atomic E-state index is -0.251. The molecule has 1 saturated carbocycles. The standard InChI is InChI=1S/C20H28N6O3S/c1-13-14(10-24-7-6-22-18(24)23-12-21)30-17-15(13)16(27)26(11-20(2)4-5-20)19(28)25(17)8-9-29-3/h12H,4-11H2,1-3H3,(H2,21,22,23). The number of hydrogen-bond donors (Lipinski definition) is 2. The summed E-state index contributed by atoms with van der Waals surface area (Å²) in [7, 11) is 1.61. The van der Waals surface area contributed by atoms with Crippen molar-refractivity contribution in [1.29, 1.82) is 5.41 Å². The van der Waals surface area contributed by atoms with Crippen molar-refractivity contribution in [3.63, 3.8) is 0 Å². The van der Waals surface area contributed by atoms with Crippen LogP contribution in [-0.4, -0.2) is 53.1 Å². The van der Waals surface area contributed by atoms with Gasteiger partial charge in [0.2, 0.25) is 5.96 Å². The van der Waals surface area contributed by atoms with E-state index in [0.29, 0.717) is 42.4 Å². The maximum absolute atomic E-state index is 13.4. The number of rotatable bonds is 8. The first kappa shape index (κ1) is 20.8. The SMILES string of the molecule is COCCn1c(=O)n(CC2(C)CC2)c(=O)c2c(C)c(CN3CCN/C3=N\C=N)sc21. The molecule has 30 heavy (non-hydrogen) atoms. The molecule has 0 unspecified atom stereocenters. The van der Waals surface area contributed by atoms with Crippen molar-refractivity contribution >= 4 is 33.9 Å². The summed E-state index contributed by atoms with van der Waals surface area (Å²) in [5.41, 5.74) is 0.521. The second-order valence-corrected chi connectivity index (χ2v) is 9.47. The summed E-state index contributed by atoms with van der Waals surface area (Å²) >= 11 is 1.49. The third-order valence-corrected chi connectivity index (χ3v) is 7.34. The number of nitrogens with zero attached hydrogens (tertiary/aromatic N) is 4. The number of aryl methyl sites for hydroxylation is 1. The second kappa shape index (κ2) is 7.99. The number of guanidine groups is 1. The third-order valence-electron chi connectivity index (χ3n) is 6.04. The van der Waals surface area contributed by atoms with Crippen molar-refractivity contribution in [3.05, 3.63) is 31.3 Å². The van der Waals surface area contributed by atoms with Gasteiger partial charge >= 0.3 is 5.69 Å². The van der Waals surface area contributed by atoms with Crippen LogP contribution in [0.1, 0.15) is 30.2 Å². The lowest BCUT2D eigenvalue weighted by molar-refractivity contribution is 0.186. The van der Waals surface area contributed by atoms with E-state index in [9.17, 15) is 9.59 Å². The number of methoxy groups -OCH3 is 1. The van der Waals surface area contributed by atoms with Crippen LogP contribution in [0.4, 0.5) is 0 Å². The fourth-order valence-corrected chi connectivity index (χ4v) is 5.23. The molecule has 2 aliphatic rings. The zero-order valence-corrected chi connectivity index (χ0v) is 18.5. The molecular formula is C20H28N6O3S. The molecule has 10 heteroatoms. The van der Waals surface area contributed by atoms with E-state index in [2.05, 4.69) is 22.1 Å². The Kier molecular flexibility index (Phi) is 5.54. The summed E-state index contributed by atoms with van der Waals surface area (Å²) in [6.45, 7) is 7.49. The quantitative estimate of drug-likeness (QED) is 0.484. The Hall–Kier alpha value is -2.46. The average Bonchev–Trinajstić information content (AvgIpc) is 3.13. The number of aromatic nitrogens is 2. The van der Waals surface area contributed by atoms with Gasteiger partial charge in [-0.3, -0.25) is 19.3 Å². The van der Waals surface area contributed by atoms with Crippen LogP contribution in [0, 0.1) is 17.7 Å². The van der Waals surface area contributed by atoms with Crippen molar-refractivity contribution in [2.24, 2.45) is 10.4 Å². The number of hydrogen-bond acceptors (Lipinski definition) is 5. The minimum absolute atomic E-state index is 0.0435. The lowest BCUT2D eigenvalue weighted by Crippen LogP contribution is -2.41. The van der Waals surface area contributed by atoms with E-state index in [1.807, 2.05) is 6.92 Å². The van der Waals surface area contributed by atoms with Crippen molar-refractivity contribution in [1.82, 2.24) is 19.4 Å². The van der Waals surface area contributed by atoms with Crippen LogP contribution in [0.15, 0.2) is 14.6 Å². The summed E-state index contributed by atoms with van der Waals surface area (Å²) in [5, 5.41) is 11.0. The molecule has 4 rings (SSSR count). The van der Waals surface area contributed by atoms with Gasteiger partial charge in [-0.15, -0.1) is 11.3 Å². The molecule has 162 valence electrons. The minimum Gasteiger partial charge on any atom is -0.383 e. The summed E-state index contributed by atoms with van der Waals surface area (Å²) in [6.07, 6.45) is 3.11. The highest BCUT2D eigenvalue weighted by atomic mass is 32.1. The van der Waals surface area contributed by atoms with Gasteiger partial charge in [-0.1, -0.05) is 6.92 Å². The van der Waals surface area contributed by atoms with E-state index in [-0.39, 0.29) is 16.7 Å². The van der Waals surface area contributed by atoms with Gasteiger partial charge in [0.25, 0.3) is 5.56 Å². The molecule has 2 N–H and O–H groups in total. The monoisotopic (exact) mass is 432 g/mol. The maximum atomic E-state index is 13.4. The normalized spacial score (nSPS) is 18.9. The number of fused-ring (bicyclic) bond motifs is 1. The first-order valence-electron chi connectivity index (χ1n) is 10.2. The van der Waals surface area contributed by atoms with Gasteiger partial charge in [0, 0.05) is 31.6 Å². The van der Waals surface area contributed by atoms with Gasteiger partial charge in [0.15, 0.2) is 0 Å². The molecule has 0 bridgehead atoms. The van der Waals surface area contributed by atoms with E-state index in [0.717, 1.165) is 42.7 Å². The van der Waals surface area contributed by atoms with E-state index in [4.69, 9.17) is 10.1 Å². The lowest BCUT2D eigenvalue weighted by atomic mass is 10.1. The third kappa shape index (κ3) is 3.69. The fraction of sp³-hybridized carbons (Fsp3) is 0.600. The molecule has 0 spiro atoms. The van der Waals surface area contributed by atoms with Crippen LogP contribution in [0.5, 0.6) is 0 Å². The topological polar surface area (TPSA) is 105 Å². The molecule has 2 aromatic rings. The largest absolute Gasteiger partial charge is 0.383 e. The molecule has 1 aliphatic carbocycles. The molecule has 1 aliphatic heterocycles. The highest BCUT2D eigenvalue weighted by Gasteiger charge is 2.39. The smallest absolute Gasteiger partial charge is 0.332 e.